The van der Waals surface area contributed by atoms with Crippen LogP contribution in [0.3, 0.4) is 0 Å². The number of carbonyl (C=O) groups excluding carboxylic acids is 1. The van der Waals surface area contributed by atoms with Crippen LogP contribution in [0.15, 0.2) is 35.6 Å². The molecule has 7 nitrogen and oxygen atoms in total. The molecule has 1 aromatic carbocycles. The van der Waals surface area contributed by atoms with Gasteiger partial charge < -0.3 is 10.5 Å². The zero-order valence-corrected chi connectivity index (χ0v) is 11.1. The molecule has 0 radical (unpaired) electrons. The lowest BCUT2D eigenvalue weighted by Crippen LogP contribution is -2.55. The van der Waals surface area contributed by atoms with Crippen LogP contribution >= 0.6 is 0 Å². The number of nitroso groups, excluding NO2 is 1. The smallest absolute Gasteiger partial charge is 0.240 e. The van der Waals surface area contributed by atoms with Gasteiger partial charge in [-0.05, 0) is 12.0 Å². The van der Waals surface area contributed by atoms with Gasteiger partial charge in [0.05, 0.1) is 24.5 Å². The Morgan fingerprint density at radius 3 is 2.85 bits per heavy atom. The zero-order valence-electron chi connectivity index (χ0n) is 11.1. The van der Waals surface area contributed by atoms with Gasteiger partial charge in [-0.2, -0.15) is 10.1 Å². The van der Waals surface area contributed by atoms with Gasteiger partial charge in [0.2, 0.25) is 5.91 Å². The topological polar surface area (TPSA) is 88.2 Å². The van der Waals surface area contributed by atoms with Crippen LogP contribution in [0.1, 0.15) is 5.56 Å². The number of morpholine rings is 1. The van der Waals surface area contributed by atoms with E-state index in [-0.39, 0.29) is 12.6 Å². The van der Waals surface area contributed by atoms with Crippen molar-refractivity contribution < 1.29 is 9.53 Å². The summed E-state index contributed by atoms with van der Waals surface area (Å²) in [5.41, 5.74) is 6.27. The van der Waals surface area contributed by atoms with Crippen LogP contribution in [-0.2, 0) is 16.0 Å². The minimum absolute atomic E-state index is 0.0387. The van der Waals surface area contributed by atoms with Crippen LogP contribution in [0, 0.1) is 4.91 Å². The van der Waals surface area contributed by atoms with Crippen molar-refractivity contribution >= 4 is 5.91 Å². The molecule has 0 aromatic heterocycles. The van der Waals surface area contributed by atoms with E-state index in [1.54, 1.807) is 5.01 Å². The summed E-state index contributed by atoms with van der Waals surface area (Å²) in [5, 5.41) is 5.75. The molecule has 2 N–H and O–H groups in total. The highest BCUT2D eigenvalue weighted by atomic mass is 16.5. The summed E-state index contributed by atoms with van der Waals surface area (Å²) >= 11 is 0. The quantitative estimate of drug-likeness (QED) is 0.598. The van der Waals surface area contributed by atoms with E-state index in [0.717, 1.165) is 10.7 Å². The molecule has 7 heteroatoms. The number of hydrogen-bond donors (Lipinski definition) is 1. The van der Waals surface area contributed by atoms with Crippen molar-refractivity contribution in [1.29, 1.82) is 0 Å². The van der Waals surface area contributed by atoms with E-state index in [1.165, 1.54) is 0 Å². The van der Waals surface area contributed by atoms with E-state index in [0.29, 0.717) is 26.2 Å². The SMILES string of the molecule is NC(=O)CN(N=O)N1CCOCC1Cc1ccccc1. The standard InChI is InChI=1S/C13H18N4O3/c14-13(18)9-17(15-19)16-6-7-20-10-12(16)8-11-4-2-1-3-5-11/h1-5,12H,6-10H2,(H2,14,18). The fourth-order valence-corrected chi connectivity index (χ4v) is 2.31. The first kappa shape index (κ1) is 14.4. The summed E-state index contributed by atoms with van der Waals surface area (Å²) in [4.78, 5) is 21.9. The minimum Gasteiger partial charge on any atom is -0.378 e. The maximum atomic E-state index is 11.0. The maximum Gasteiger partial charge on any atom is 0.240 e. The molecule has 20 heavy (non-hydrogen) atoms. The van der Waals surface area contributed by atoms with Crippen molar-refractivity contribution in [2.45, 2.75) is 12.5 Å². The molecule has 1 saturated heterocycles. The summed E-state index contributed by atoms with van der Waals surface area (Å²) in [5.74, 6) is -0.588. The van der Waals surface area contributed by atoms with Crippen molar-refractivity contribution in [3.05, 3.63) is 40.8 Å². The number of ether oxygens (including phenoxy) is 1. The van der Waals surface area contributed by atoms with Gasteiger partial charge in [-0.3, -0.25) is 4.79 Å². The molecular formula is C13H18N4O3. The number of amides is 1. The summed E-state index contributed by atoms with van der Waals surface area (Å²) < 4.78 is 5.46. The van der Waals surface area contributed by atoms with Gasteiger partial charge in [-0.15, -0.1) is 4.91 Å². The molecule has 0 saturated carbocycles. The van der Waals surface area contributed by atoms with Crippen molar-refractivity contribution in [1.82, 2.24) is 10.1 Å². The average Bonchev–Trinajstić information content (AvgIpc) is 2.46. The lowest BCUT2D eigenvalue weighted by Gasteiger charge is -2.39. The fraction of sp³-hybridized carbons (Fsp3) is 0.462. The molecule has 0 bridgehead atoms. The number of primary amides is 1. The Balaban J connectivity index is 2.07. The molecule has 2 rings (SSSR count). The molecule has 1 atom stereocenters. The molecule has 1 fully saturated rings. The molecular weight excluding hydrogens is 260 g/mol. The van der Waals surface area contributed by atoms with Crippen LogP contribution in [0.25, 0.3) is 0 Å². The third kappa shape index (κ3) is 3.75. The molecule has 0 aliphatic carbocycles. The van der Waals surface area contributed by atoms with Gasteiger partial charge in [0.1, 0.15) is 6.54 Å². The van der Waals surface area contributed by atoms with E-state index in [4.69, 9.17) is 10.5 Å². The van der Waals surface area contributed by atoms with E-state index < -0.39 is 5.91 Å². The first-order chi connectivity index (χ1) is 9.70. The highest BCUT2D eigenvalue weighted by Gasteiger charge is 2.29. The van der Waals surface area contributed by atoms with Crippen molar-refractivity contribution in [3.8, 4) is 0 Å². The normalized spacial score (nSPS) is 19.5. The lowest BCUT2D eigenvalue weighted by atomic mass is 10.1. The zero-order chi connectivity index (χ0) is 14.4. The Hall–Kier alpha value is -1.99. The molecule has 1 heterocycles. The Labute approximate surface area is 117 Å². The third-order valence-corrected chi connectivity index (χ3v) is 3.20. The Morgan fingerprint density at radius 1 is 1.45 bits per heavy atom. The first-order valence-electron chi connectivity index (χ1n) is 6.48. The molecule has 1 aromatic rings. The van der Waals surface area contributed by atoms with Gasteiger partial charge in [0, 0.05) is 6.54 Å². The number of nitrogens with two attached hydrogens (primary N) is 1. The largest absolute Gasteiger partial charge is 0.378 e. The number of carbonyl (C=O) groups is 1. The summed E-state index contributed by atoms with van der Waals surface area (Å²) in [6, 6.07) is 9.86. The highest BCUT2D eigenvalue weighted by Crippen LogP contribution is 2.15. The van der Waals surface area contributed by atoms with Crippen molar-refractivity contribution in [2.75, 3.05) is 26.3 Å². The predicted octanol–water partition coefficient (Wildman–Crippen LogP) is 0.314. The summed E-state index contributed by atoms with van der Waals surface area (Å²) in [6.07, 6.45) is 0.714. The Morgan fingerprint density at radius 2 is 2.20 bits per heavy atom. The summed E-state index contributed by atoms with van der Waals surface area (Å²) in [7, 11) is 0. The first-order valence-corrected chi connectivity index (χ1v) is 6.48. The second kappa shape index (κ2) is 6.97. The van der Waals surface area contributed by atoms with Crippen LogP contribution in [0.5, 0.6) is 0 Å². The van der Waals surface area contributed by atoms with Gasteiger partial charge in [-0.25, -0.2) is 0 Å². The molecule has 1 aliphatic heterocycles. The molecule has 0 spiro atoms. The second-order valence-electron chi connectivity index (χ2n) is 4.66. The van der Waals surface area contributed by atoms with Crippen LogP contribution < -0.4 is 5.73 Å². The predicted molar refractivity (Wildman–Crippen MR) is 73.2 cm³/mol. The van der Waals surface area contributed by atoms with Gasteiger partial charge >= 0.3 is 0 Å². The Bertz CT molecular complexity index is 454. The Kier molecular flexibility index (Phi) is 5.03. The monoisotopic (exact) mass is 278 g/mol. The highest BCUT2D eigenvalue weighted by molar-refractivity contribution is 5.75. The van der Waals surface area contributed by atoms with E-state index in [9.17, 15) is 9.70 Å². The van der Waals surface area contributed by atoms with E-state index in [2.05, 4.69) is 5.29 Å². The average molecular weight is 278 g/mol. The number of rotatable bonds is 6. The number of hydrazine groups is 1. The van der Waals surface area contributed by atoms with Crippen LogP contribution in [0.2, 0.25) is 0 Å². The third-order valence-electron chi connectivity index (χ3n) is 3.20. The number of nitrogens with zero attached hydrogens (tertiary/aromatic N) is 3. The second-order valence-corrected chi connectivity index (χ2v) is 4.66. The minimum atomic E-state index is -0.588. The lowest BCUT2D eigenvalue weighted by molar-refractivity contribution is -0.144. The van der Waals surface area contributed by atoms with E-state index >= 15 is 0 Å². The van der Waals surface area contributed by atoms with Crippen molar-refractivity contribution in [3.63, 3.8) is 0 Å². The van der Waals surface area contributed by atoms with Crippen molar-refractivity contribution in [2.24, 2.45) is 11.0 Å². The molecule has 1 aliphatic rings. The molecule has 1 unspecified atom stereocenters. The van der Waals surface area contributed by atoms with Crippen LogP contribution in [0.4, 0.5) is 0 Å². The number of hydrogen-bond acceptors (Lipinski definition) is 5. The fourth-order valence-electron chi connectivity index (χ4n) is 2.31. The summed E-state index contributed by atoms with van der Waals surface area (Å²) in [6.45, 7) is 1.28. The molecule has 108 valence electrons. The van der Waals surface area contributed by atoms with Gasteiger partial charge in [0.15, 0.2) is 0 Å². The van der Waals surface area contributed by atoms with Gasteiger partial charge in [-0.1, -0.05) is 30.3 Å². The molecule has 1 amide bonds. The van der Waals surface area contributed by atoms with Gasteiger partial charge in [0.25, 0.3) is 0 Å². The maximum absolute atomic E-state index is 11.0. The van der Waals surface area contributed by atoms with Crippen LogP contribution in [-0.4, -0.2) is 48.4 Å². The van der Waals surface area contributed by atoms with E-state index in [1.807, 2.05) is 30.3 Å². The number of benzene rings is 1.